The highest BCUT2D eigenvalue weighted by Crippen LogP contribution is 2.31. The second-order valence-corrected chi connectivity index (χ2v) is 6.61. The summed E-state index contributed by atoms with van der Waals surface area (Å²) < 4.78 is 1.81. The highest BCUT2D eigenvalue weighted by molar-refractivity contribution is 6.69. The molecule has 3 rings (SSSR count). The predicted molar refractivity (Wildman–Crippen MR) is 115 cm³/mol. The van der Waals surface area contributed by atoms with E-state index < -0.39 is 0 Å². The molecular weight excluding hydrogens is 338 g/mol. The van der Waals surface area contributed by atoms with E-state index >= 15 is 0 Å². The average Bonchev–Trinajstić information content (AvgIpc) is 2.81. The number of nitrogen functional groups attached to an aromatic ring is 1. The molecule has 6 nitrogen and oxygen atoms in total. The number of aliphatic imine (C=N–C) groups is 1. The minimum atomic E-state index is -0.162. The zero-order chi connectivity index (χ0) is 19.0. The van der Waals surface area contributed by atoms with E-state index in [0.717, 1.165) is 22.6 Å². The molecule has 1 aliphatic rings. The molecule has 2 N–H and O–H groups in total. The van der Waals surface area contributed by atoms with Gasteiger partial charge in [-0.2, -0.15) is 0 Å². The normalized spacial score (nSPS) is 15.4. The van der Waals surface area contributed by atoms with Gasteiger partial charge in [0, 0.05) is 26.7 Å². The number of carbonyl (C=O) groups excluding carboxylic acids is 1. The lowest BCUT2D eigenvalue weighted by Crippen LogP contribution is -2.34. The van der Waals surface area contributed by atoms with Crippen molar-refractivity contribution in [1.82, 2.24) is 0 Å². The van der Waals surface area contributed by atoms with Crippen molar-refractivity contribution >= 4 is 40.1 Å². The molecular formula is C21H28N5O+. The van der Waals surface area contributed by atoms with Crippen molar-refractivity contribution < 1.29 is 9.48 Å². The summed E-state index contributed by atoms with van der Waals surface area (Å²) in [7, 11) is 5.80. The lowest BCUT2D eigenvalue weighted by atomic mass is 10.1. The monoisotopic (exact) mass is 366 g/mol. The molecule has 2 aromatic rings. The van der Waals surface area contributed by atoms with Crippen LogP contribution in [0.2, 0.25) is 0 Å². The van der Waals surface area contributed by atoms with Crippen LogP contribution in [0.3, 0.4) is 0 Å². The van der Waals surface area contributed by atoms with E-state index in [2.05, 4.69) is 4.99 Å². The van der Waals surface area contributed by atoms with E-state index in [9.17, 15) is 4.79 Å². The van der Waals surface area contributed by atoms with E-state index in [0.29, 0.717) is 17.1 Å². The van der Waals surface area contributed by atoms with Crippen LogP contribution in [-0.4, -0.2) is 43.2 Å². The third-order valence-electron chi connectivity index (χ3n) is 4.58. The number of anilines is 3. The molecule has 0 saturated carbocycles. The highest BCUT2D eigenvalue weighted by Gasteiger charge is 2.41. The summed E-state index contributed by atoms with van der Waals surface area (Å²) in [6.45, 7) is 3.89. The molecule has 0 radical (unpaired) electrons. The van der Waals surface area contributed by atoms with Crippen molar-refractivity contribution in [3.8, 4) is 0 Å². The topological polar surface area (TPSA) is 64.9 Å². The summed E-state index contributed by atoms with van der Waals surface area (Å²) >= 11 is 0. The Hall–Kier alpha value is -3.15. The van der Waals surface area contributed by atoms with Crippen LogP contribution < -0.4 is 15.6 Å². The minimum Gasteiger partial charge on any atom is -0.397 e. The number of nitrogens with two attached hydrogens (primary N) is 1. The molecule has 0 aromatic heterocycles. The predicted octanol–water partition coefficient (Wildman–Crippen LogP) is 3.42. The van der Waals surface area contributed by atoms with Gasteiger partial charge in [-0.05, 0) is 36.8 Å². The summed E-state index contributed by atoms with van der Waals surface area (Å²) in [6, 6.07) is 13.3. The molecule has 6 heteroatoms. The molecule has 0 atom stereocenters. The largest absolute Gasteiger partial charge is 0.397 e. The van der Waals surface area contributed by atoms with Crippen molar-refractivity contribution in [1.29, 1.82) is 0 Å². The van der Waals surface area contributed by atoms with E-state index in [4.69, 9.17) is 5.73 Å². The zero-order valence-corrected chi connectivity index (χ0v) is 15.8. The first-order valence-electron chi connectivity index (χ1n) is 8.44. The van der Waals surface area contributed by atoms with Gasteiger partial charge in [0.1, 0.15) is 5.69 Å². The van der Waals surface area contributed by atoms with Crippen LogP contribution in [0.4, 0.5) is 22.7 Å². The fourth-order valence-corrected chi connectivity index (χ4v) is 3.08. The first-order chi connectivity index (χ1) is 12.3. The van der Waals surface area contributed by atoms with E-state index in [1.807, 2.05) is 87.0 Å². The van der Waals surface area contributed by atoms with Crippen LogP contribution in [0.5, 0.6) is 0 Å². The van der Waals surface area contributed by atoms with Crippen LogP contribution in [0, 0.1) is 6.92 Å². The fraction of sp³-hybridized carbons (Fsp3) is 0.286. The van der Waals surface area contributed by atoms with Crippen molar-refractivity contribution in [2.75, 3.05) is 36.8 Å². The number of benzene rings is 2. The maximum Gasteiger partial charge on any atom is 0.338 e. The first kappa shape index (κ1) is 20.2. The fourth-order valence-electron chi connectivity index (χ4n) is 3.08. The van der Waals surface area contributed by atoms with Crippen LogP contribution in [-0.2, 0) is 4.79 Å². The van der Waals surface area contributed by atoms with Crippen molar-refractivity contribution in [2.45, 2.75) is 21.3 Å². The molecule has 1 amide bonds. The molecule has 27 heavy (non-hydrogen) atoms. The molecule has 0 fully saturated rings. The van der Waals surface area contributed by atoms with E-state index in [1.165, 1.54) is 0 Å². The number of nitrogens with zero attached hydrogens (tertiary/aromatic N) is 4. The number of carbonyl (C=O) groups is 1. The van der Waals surface area contributed by atoms with Crippen molar-refractivity contribution in [2.24, 2.45) is 4.99 Å². The maximum atomic E-state index is 13.0. The Morgan fingerprint density at radius 3 is 2.33 bits per heavy atom. The van der Waals surface area contributed by atoms with Gasteiger partial charge in [-0.3, -0.25) is 4.79 Å². The van der Waals surface area contributed by atoms with Crippen LogP contribution in [0.1, 0.15) is 19.9 Å². The molecule has 0 saturated heterocycles. The standard InChI is InChI=1S/C20H23N5O.CH4/c1-13-11-17(16(21)12-18(13)23(3)4)22-19-14(2)24(5)25(20(19)26)15-9-7-6-8-10-15;/h6-12,21H,1-5H3;1H4/p+1. The van der Waals surface area contributed by atoms with Gasteiger partial charge in [0.05, 0.1) is 11.4 Å². The Bertz CT molecular complexity index is 929. The van der Waals surface area contributed by atoms with Gasteiger partial charge < -0.3 is 10.6 Å². The molecule has 0 unspecified atom stereocenters. The molecule has 0 spiro atoms. The van der Waals surface area contributed by atoms with Crippen molar-refractivity contribution in [3.05, 3.63) is 48.0 Å². The smallest absolute Gasteiger partial charge is 0.338 e. The summed E-state index contributed by atoms with van der Waals surface area (Å²) in [5.41, 5.74) is 11.4. The van der Waals surface area contributed by atoms with Gasteiger partial charge >= 0.3 is 5.91 Å². The molecule has 0 bridgehead atoms. The minimum absolute atomic E-state index is 0. The van der Waals surface area contributed by atoms with Crippen LogP contribution in [0.15, 0.2) is 47.5 Å². The summed E-state index contributed by atoms with van der Waals surface area (Å²) in [6.07, 6.45) is 0. The third-order valence-corrected chi connectivity index (χ3v) is 4.58. The molecule has 142 valence electrons. The van der Waals surface area contributed by atoms with E-state index in [1.54, 1.807) is 5.01 Å². The Balaban J connectivity index is 0.00000261. The SMILES string of the molecule is C.CC1=[N+](C)N(c2ccccc2)C(=O)C1=Nc1cc(C)c(N(C)C)cc1N. The van der Waals surface area contributed by atoms with Crippen LogP contribution >= 0.6 is 0 Å². The highest BCUT2D eigenvalue weighted by atomic mass is 16.2. The second-order valence-electron chi connectivity index (χ2n) is 6.61. The number of hydrazine groups is 1. The van der Waals surface area contributed by atoms with E-state index in [-0.39, 0.29) is 13.3 Å². The van der Waals surface area contributed by atoms with Gasteiger partial charge in [0.2, 0.25) is 11.4 Å². The summed E-state index contributed by atoms with van der Waals surface area (Å²) in [4.78, 5) is 19.6. The summed E-state index contributed by atoms with van der Waals surface area (Å²) in [5.74, 6) is -0.162. The average molecular weight is 366 g/mol. The number of aryl methyl sites for hydroxylation is 1. The Morgan fingerprint density at radius 2 is 1.74 bits per heavy atom. The van der Waals surface area contributed by atoms with Gasteiger partial charge in [-0.1, -0.05) is 30.6 Å². The number of para-hydroxylation sites is 1. The van der Waals surface area contributed by atoms with Crippen LogP contribution in [0.25, 0.3) is 0 Å². The number of amides is 1. The Morgan fingerprint density at radius 1 is 1.11 bits per heavy atom. The number of hydrogen-bond donors (Lipinski definition) is 1. The quantitative estimate of drug-likeness (QED) is 0.669. The number of rotatable bonds is 3. The lowest BCUT2D eigenvalue weighted by molar-refractivity contribution is -0.495. The molecule has 2 aromatic carbocycles. The van der Waals surface area contributed by atoms with Gasteiger partial charge in [-0.15, -0.1) is 4.68 Å². The van der Waals surface area contributed by atoms with Gasteiger partial charge in [0.15, 0.2) is 7.05 Å². The number of hydrogen-bond acceptors (Lipinski definition) is 4. The first-order valence-corrected chi connectivity index (χ1v) is 8.44. The molecule has 0 aliphatic carbocycles. The summed E-state index contributed by atoms with van der Waals surface area (Å²) in [5, 5.41) is 1.62. The van der Waals surface area contributed by atoms with Crippen molar-refractivity contribution in [3.63, 3.8) is 0 Å². The van der Waals surface area contributed by atoms with Gasteiger partial charge in [-0.25, -0.2) is 4.99 Å². The molecule has 1 heterocycles. The van der Waals surface area contributed by atoms with Gasteiger partial charge in [0.25, 0.3) is 0 Å². The Kier molecular flexibility index (Phi) is 5.69. The molecule has 1 aliphatic heterocycles. The zero-order valence-electron chi connectivity index (χ0n) is 15.8. The Labute approximate surface area is 161 Å². The third kappa shape index (κ3) is 3.56. The number of hydrazone groups is 1. The maximum absolute atomic E-state index is 13.0. The second kappa shape index (κ2) is 7.61. The lowest BCUT2D eigenvalue weighted by Gasteiger charge is -2.17.